The highest BCUT2D eigenvalue weighted by atomic mass is 79.9. The summed E-state index contributed by atoms with van der Waals surface area (Å²) in [4.78, 5) is 2.24. The molecule has 3 heteroatoms. The summed E-state index contributed by atoms with van der Waals surface area (Å²) in [7, 11) is 2.10. The van der Waals surface area contributed by atoms with Gasteiger partial charge in [-0.25, -0.2) is 0 Å². The Labute approximate surface area is 129 Å². The summed E-state index contributed by atoms with van der Waals surface area (Å²) in [5.74, 6) is 0. The van der Waals surface area contributed by atoms with E-state index in [-0.39, 0.29) is 6.04 Å². The molecule has 0 amide bonds. The molecule has 0 saturated carbocycles. The number of nitrogens with two attached hydrogens (primary N) is 1. The van der Waals surface area contributed by atoms with E-state index in [2.05, 4.69) is 77.3 Å². The Kier molecular flexibility index (Phi) is 4.84. The van der Waals surface area contributed by atoms with Gasteiger partial charge in [0.1, 0.15) is 0 Å². The molecular weight excluding hydrogens is 312 g/mol. The minimum atomic E-state index is 0.0581. The highest BCUT2D eigenvalue weighted by molar-refractivity contribution is 9.10. The minimum absolute atomic E-state index is 0.0581. The molecule has 0 unspecified atom stereocenters. The van der Waals surface area contributed by atoms with E-state index in [0.717, 1.165) is 16.6 Å². The molecule has 20 heavy (non-hydrogen) atoms. The van der Waals surface area contributed by atoms with Crippen LogP contribution in [0, 0.1) is 6.92 Å². The zero-order valence-corrected chi connectivity index (χ0v) is 13.8. The van der Waals surface area contributed by atoms with Gasteiger partial charge in [-0.1, -0.05) is 35.9 Å². The third kappa shape index (κ3) is 3.62. The number of halogens is 1. The van der Waals surface area contributed by atoms with Crippen LogP contribution in [0.1, 0.15) is 29.7 Å². The highest BCUT2D eigenvalue weighted by Gasteiger charge is 2.09. The average molecular weight is 333 g/mol. The second-order valence-electron chi connectivity index (χ2n) is 5.34. The van der Waals surface area contributed by atoms with E-state index >= 15 is 0 Å². The lowest BCUT2D eigenvalue weighted by Crippen LogP contribution is -2.17. The summed E-state index contributed by atoms with van der Waals surface area (Å²) >= 11 is 3.64. The van der Waals surface area contributed by atoms with Gasteiger partial charge in [0.25, 0.3) is 0 Å². The van der Waals surface area contributed by atoms with Crippen molar-refractivity contribution in [3.8, 4) is 0 Å². The molecule has 0 bridgehead atoms. The van der Waals surface area contributed by atoms with Gasteiger partial charge >= 0.3 is 0 Å². The molecule has 0 aliphatic rings. The monoisotopic (exact) mass is 332 g/mol. The van der Waals surface area contributed by atoms with Gasteiger partial charge in [0.05, 0.1) is 5.69 Å². The van der Waals surface area contributed by atoms with Crippen molar-refractivity contribution in [2.24, 2.45) is 5.73 Å². The van der Waals surface area contributed by atoms with Crippen molar-refractivity contribution in [1.82, 2.24) is 0 Å². The molecule has 0 aliphatic carbocycles. The van der Waals surface area contributed by atoms with Crippen LogP contribution in [-0.2, 0) is 6.54 Å². The largest absolute Gasteiger partial charge is 0.369 e. The van der Waals surface area contributed by atoms with Crippen LogP contribution < -0.4 is 10.6 Å². The lowest BCUT2D eigenvalue weighted by Gasteiger charge is -2.22. The van der Waals surface area contributed by atoms with Gasteiger partial charge in [0.15, 0.2) is 0 Å². The smallest absolute Gasteiger partial charge is 0.0511 e. The normalized spacial score (nSPS) is 12.2. The van der Waals surface area contributed by atoms with Crippen molar-refractivity contribution in [3.63, 3.8) is 0 Å². The van der Waals surface area contributed by atoms with Crippen molar-refractivity contribution >= 4 is 21.6 Å². The van der Waals surface area contributed by atoms with Crippen molar-refractivity contribution in [1.29, 1.82) is 0 Å². The van der Waals surface area contributed by atoms with E-state index < -0.39 is 0 Å². The van der Waals surface area contributed by atoms with E-state index in [4.69, 9.17) is 5.73 Å². The topological polar surface area (TPSA) is 29.3 Å². The number of anilines is 1. The number of hydrogen-bond donors (Lipinski definition) is 1. The molecule has 0 saturated heterocycles. The molecule has 106 valence electrons. The standard InChI is InChI=1S/C17H21BrN2/c1-12-4-6-14(7-5-12)11-20(3)17-9-8-15(13(2)19)10-16(17)18/h4-10,13H,11,19H2,1-3H3/t13-/m0/s1. The lowest BCUT2D eigenvalue weighted by atomic mass is 10.1. The number of rotatable bonds is 4. The molecule has 0 aliphatic heterocycles. The van der Waals surface area contributed by atoms with Crippen LogP contribution >= 0.6 is 15.9 Å². The van der Waals surface area contributed by atoms with Crippen LogP contribution in [0.15, 0.2) is 46.9 Å². The summed E-state index contributed by atoms with van der Waals surface area (Å²) in [6, 6.07) is 15.0. The van der Waals surface area contributed by atoms with Gasteiger partial charge in [-0.05, 0) is 53.0 Å². The van der Waals surface area contributed by atoms with Crippen LogP contribution in [0.4, 0.5) is 5.69 Å². The SMILES string of the molecule is Cc1ccc(CN(C)c2ccc([C@H](C)N)cc2Br)cc1. The molecule has 0 fully saturated rings. The first kappa shape index (κ1) is 15.1. The summed E-state index contributed by atoms with van der Waals surface area (Å²) in [6.07, 6.45) is 0. The number of hydrogen-bond acceptors (Lipinski definition) is 2. The molecule has 2 nitrogen and oxygen atoms in total. The van der Waals surface area contributed by atoms with E-state index in [1.807, 2.05) is 6.92 Å². The van der Waals surface area contributed by atoms with Crippen molar-refractivity contribution < 1.29 is 0 Å². The second kappa shape index (κ2) is 6.42. The Morgan fingerprint density at radius 1 is 1.15 bits per heavy atom. The second-order valence-corrected chi connectivity index (χ2v) is 6.20. The van der Waals surface area contributed by atoms with Gasteiger partial charge in [0.2, 0.25) is 0 Å². The summed E-state index contributed by atoms with van der Waals surface area (Å²) in [5.41, 5.74) is 10.8. The average Bonchev–Trinajstić information content (AvgIpc) is 2.41. The number of benzene rings is 2. The molecule has 0 aromatic heterocycles. The maximum absolute atomic E-state index is 5.91. The van der Waals surface area contributed by atoms with Crippen molar-refractivity contribution in [2.45, 2.75) is 26.4 Å². The fourth-order valence-corrected chi connectivity index (χ4v) is 2.87. The van der Waals surface area contributed by atoms with Gasteiger partial charge in [-0.3, -0.25) is 0 Å². The molecule has 2 N–H and O–H groups in total. The zero-order chi connectivity index (χ0) is 14.7. The first-order valence-corrected chi connectivity index (χ1v) is 7.58. The summed E-state index contributed by atoms with van der Waals surface area (Å²) in [6.45, 7) is 4.99. The molecular formula is C17H21BrN2. The quantitative estimate of drug-likeness (QED) is 0.898. The van der Waals surface area contributed by atoms with Gasteiger partial charge < -0.3 is 10.6 Å². The number of aryl methyl sites for hydroxylation is 1. The molecule has 0 spiro atoms. The van der Waals surface area contributed by atoms with Crippen LogP contribution in [-0.4, -0.2) is 7.05 Å². The maximum Gasteiger partial charge on any atom is 0.0511 e. The van der Waals surface area contributed by atoms with Crippen molar-refractivity contribution in [3.05, 3.63) is 63.6 Å². The molecule has 1 atom stereocenters. The third-order valence-corrected chi connectivity index (χ3v) is 4.08. The molecule has 2 aromatic carbocycles. The van der Waals surface area contributed by atoms with Crippen LogP contribution in [0.5, 0.6) is 0 Å². The van der Waals surface area contributed by atoms with E-state index in [1.165, 1.54) is 16.8 Å². The van der Waals surface area contributed by atoms with Crippen LogP contribution in [0.3, 0.4) is 0 Å². The lowest BCUT2D eigenvalue weighted by molar-refractivity contribution is 0.816. The predicted octanol–water partition coefficient (Wildman–Crippen LogP) is 4.41. The summed E-state index contributed by atoms with van der Waals surface area (Å²) < 4.78 is 1.09. The molecule has 2 rings (SSSR count). The Morgan fingerprint density at radius 3 is 2.35 bits per heavy atom. The Morgan fingerprint density at radius 2 is 1.80 bits per heavy atom. The first-order valence-electron chi connectivity index (χ1n) is 6.79. The highest BCUT2D eigenvalue weighted by Crippen LogP contribution is 2.29. The Bertz CT molecular complexity index is 576. The van der Waals surface area contributed by atoms with Crippen LogP contribution in [0.25, 0.3) is 0 Å². The first-order chi connectivity index (χ1) is 9.47. The Balaban J connectivity index is 2.16. The van der Waals surface area contributed by atoms with Gasteiger partial charge in [-0.15, -0.1) is 0 Å². The van der Waals surface area contributed by atoms with E-state index in [0.29, 0.717) is 0 Å². The van der Waals surface area contributed by atoms with Gasteiger partial charge in [0, 0.05) is 24.1 Å². The Hall–Kier alpha value is -1.32. The van der Waals surface area contributed by atoms with Crippen LogP contribution in [0.2, 0.25) is 0 Å². The summed E-state index contributed by atoms with van der Waals surface area (Å²) in [5, 5.41) is 0. The minimum Gasteiger partial charge on any atom is -0.369 e. The number of nitrogens with zero attached hydrogens (tertiary/aromatic N) is 1. The van der Waals surface area contributed by atoms with Crippen molar-refractivity contribution in [2.75, 3.05) is 11.9 Å². The molecule has 0 heterocycles. The third-order valence-electron chi connectivity index (χ3n) is 3.45. The molecule has 2 aromatic rings. The predicted molar refractivity (Wildman–Crippen MR) is 90.0 cm³/mol. The van der Waals surface area contributed by atoms with Gasteiger partial charge in [-0.2, -0.15) is 0 Å². The van der Waals surface area contributed by atoms with E-state index in [9.17, 15) is 0 Å². The van der Waals surface area contributed by atoms with E-state index in [1.54, 1.807) is 0 Å². The molecule has 0 radical (unpaired) electrons. The fraction of sp³-hybridized carbons (Fsp3) is 0.294. The zero-order valence-electron chi connectivity index (χ0n) is 12.2. The fourth-order valence-electron chi connectivity index (χ4n) is 2.17. The maximum atomic E-state index is 5.91.